The maximum Gasteiger partial charge on any atom is 0.305 e. The fourth-order valence-electron chi connectivity index (χ4n) is 3.90. The fraction of sp³-hybridized carbons (Fsp3) is 0.929. The molecule has 0 bridgehead atoms. The summed E-state index contributed by atoms with van der Waals surface area (Å²) in [5.74, 6) is 2.36. The Kier molecular flexibility index (Phi) is 18.6. The van der Waals surface area contributed by atoms with E-state index in [1.165, 1.54) is 38.5 Å². The van der Waals surface area contributed by atoms with E-state index in [0.717, 1.165) is 24.7 Å². The topological polar surface area (TPSA) is 55.8 Å². The summed E-state index contributed by atoms with van der Waals surface area (Å²) in [5, 5.41) is 0. The van der Waals surface area contributed by atoms with Crippen molar-refractivity contribution in [2.24, 2.45) is 23.7 Å². The molecule has 33 heavy (non-hydrogen) atoms. The van der Waals surface area contributed by atoms with Gasteiger partial charge in [0.2, 0.25) is 0 Å². The smallest absolute Gasteiger partial charge is 0.305 e. The Hall–Kier alpha value is -1.10. The van der Waals surface area contributed by atoms with Gasteiger partial charge in [0.05, 0.1) is 6.61 Å². The predicted molar refractivity (Wildman–Crippen MR) is 138 cm³/mol. The normalized spacial score (nSPS) is 14.5. The highest BCUT2D eigenvalue weighted by Gasteiger charge is 2.16. The number of hydrogen-bond acceptors (Lipinski definition) is 5. The molecule has 0 aromatic heterocycles. The van der Waals surface area contributed by atoms with Crippen LogP contribution in [0.2, 0.25) is 0 Å². The summed E-state index contributed by atoms with van der Waals surface area (Å²) in [4.78, 5) is 26.3. The quantitative estimate of drug-likeness (QED) is 0.182. The number of nitrogens with zero attached hydrogens (tertiary/aromatic N) is 1. The van der Waals surface area contributed by atoms with E-state index in [2.05, 4.69) is 41.5 Å². The van der Waals surface area contributed by atoms with Crippen molar-refractivity contribution in [3.05, 3.63) is 0 Å². The van der Waals surface area contributed by atoms with Crippen LogP contribution in [0.5, 0.6) is 0 Å². The van der Waals surface area contributed by atoms with Gasteiger partial charge in [-0.1, -0.05) is 80.1 Å². The van der Waals surface area contributed by atoms with E-state index in [0.29, 0.717) is 44.3 Å². The molecule has 0 aromatic carbocycles. The first-order valence-corrected chi connectivity index (χ1v) is 13.5. The first kappa shape index (κ1) is 31.9. The second-order valence-corrected chi connectivity index (χ2v) is 11.2. The minimum absolute atomic E-state index is 0.0557. The van der Waals surface area contributed by atoms with Gasteiger partial charge in [-0.2, -0.15) is 0 Å². The summed E-state index contributed by atoms with van der Waals surface area (Å²) >= 11 is 0. The van der Waals surface area contributed by atoms with E-state index in [1.54, 1.807) is 0 Å². The molecule has 5 nitrogen and oxygen atoms in total. The lowest BCUT2D eigenvalue weighted by Gasteiger charge is -2.24. The van der Waals surface area contributed by atoms with Crippen LogP contribution in [0.25, 0.3) is 0 Å². The molecule has 0 aliphatic carbocycles. The van der Waals surface area contributed by atoms with Crippen molar-refractivity contribution in [2.75, 3.05) is 27.3 Å². The van der Waals surface area contributed by atoms with Crippen molar-refractivity contribution in [3.63, 3.8) is 0 Å². The molecular weight excluding hydrogens is 414 g/mol. The van der Waals surface area contributed by atoms with Crippen LogP contribution in [0, 0.1) is 23.7 Å². The molecule has 3 atom stereocenters. The van der Waals surface area contributed by atoms with Gasteiger partial charge in [0.1, 0.15) is 6.61 Å². The second kappa shape index (κ2) is 19.2. The molecule has 0 amide bonds. The zero-order valence-electron chi connectivity index (χ0n) is 23.2. The first-order valence-electron chi connectivity index (χ1n) is 13.5. The minimum atomic E-state index is -0.124. The zero-order valence-corrected chi connectivity index (χ0v) is 23.2. The maximum atomic E-state index is 12.2. The largest absolute Gasteiger partial charge is 0.466 e. The summed E-state index contributed by atoms with van der Waals surface area (Å²) in [6.45, 7) is 14.2. The van der Waals surface area contributed by atoms with Gasteiger partial charge in [-0.25, -0.2) is 0 Å². The molecule has 3 unspecified atom stereocenters. The molecular formula is C28H55NO4. The van der Waals surface area contributed by atoms with Crippen molar-refractivity contribution in [2.45, 2.75) is 118 Å². The molecule has 0 N–H and O–H groups in total. The molecule has 0 radical (unpaired) electrons. The minimum Gasteiger partial charge on any atom is -0.466 e. The number of rotatable bonds is 20. The van der Waals surface area contributed by atoms with Gasteiger partial charge in [-0.3, -0.25) is 9.59 Å². The summed E-state index contributed by atoms with van der Waals surface area (Å²) in [7, 11) is 3.94. The molecule has 0 aliphatic rings. The average Bonchev–Trinajstić information content (AvgIpc) is 2.72. The summed E-state index contributed by atoms with van der Waals surface area (Å²) in [6.07, 6.45) is 10.7. The van der Waals surface area contributed by atoms with Crippen LogP contribution < -0.4 is 0 Å². The summed E-state index contributed by atoms with van der Waals surface area (Å²) in [6, 6.07) is 0.0557. The molecule has 196 valence electrons. The Labute approximate surface area is 205 Å². The number of likely N-dealkylation sites (N-methyl/N-ethyl adjacent to an activating group) is 1. The van der Waals surface area contributed by atoms with Crippen molar-refractivity contribution in [1.82, 2.24) is 4.90 Å². The standard InChI is InChI=1S/C28H55NO4/c1-22(2)11-9-13-24(5)15-17-27(30)32-20-19-26(29(7)8)21-33-28(31)18-16-25(6)14-10-12-23(3)4/h22-26H,9-21H2,1-8H3. The molecule has 0 spiro atoms. The molecule has 5 heteroatoms. The molecule has 0 rings (SSSR count). The van der Waals surface area contributed by atoms with E-state index >= 15 is 0 Å². The number of hydrogen-bond donors (Lipinski definition) is 0. The Morgan fingerprint density at radius 3 is 1.52 bits per heavy atom. The van der Waals surface area contributed by atoms with Gasteiger partial charge in [0, 0.05) is 25.3 Å². The SMILES string of the molecule is CC(C)CCCC(C)CCC(=O)OCCC(COC(=O)CCC(C)CCCC(C)C)N(C)C. The molecule has 0 fully saturated rings. The second-order valence-electron chi connectivity index (χ2n) is 11.2. The third kappa shape index (κ3) is 20.0. The fourth-order valence-corrected chi connectivity index (χ4v) is 3.90. The molecule has 0 saturated carbocycles. The predicted octanol–water partition coefficient (Wildman–Crippen LogP) is 6.88. The maximum absolute atomic E-state index is 12.2. The van der Waals surface area contributed by atoms with Crippen molar-refractivity contribution >= 4 is 11.9 Å². The zero-order chi connectivity index (χ0) is 25.2. The van der Waals surface area contributed by atoms with Gasteiger partial charge in [-0.15, -0.1) is 0 Å². The lowest BCUT2D eigenvalue weighted by molar-refractivity contribution is -0.148. The van der Waals surface area contributed by atoms with Gasteiger partial charge in [0.25, 0.3) is 0 Å². The highest BCUT2D eigenvalue weighted by molar-refractivity contribution is 5.69. The third-order valence-corrected chi connectivity index (χ3v) is 6.52. The highest BCUT2D eigenvalue weighted by atomic mass is 16.5. The van der Waals surface area contributed by atoms with E-state index in [1.807, 2.05) is 19.0 Å². The van der Waals surface area contributed by atoms with E-state index in [-0.39, 0.29) is 18.0 Å². The van der Waals surface area contributed by atoms with Gasteiger partial charge < -0.3 is 14.4 Å². The third-order valence-electron chi connectivity index (χ3n) is 6.52. The van der Waals surface area contributed by atoms with Crippen molar-refractivity contribution in [3.8, 4) is 0 Å². The van der Waals surface area contributed by atoms with Gasteiger partial charge in [0.15, 0.2) is 0 Å². The van der Waals surface area contributed by atoms with Crippen LogP contribution >= 0.6 is 0 Å². The Morgan fingerprint density at radius 1 is 0.636 bits per heavy atom. The number of carbonyl (C=O) groups is 2. The van der Waals surface area contributed by atoms with E-state index in [9.17, 15) is 9.59 Å². The van der Waals surface area contributed by atoms with Crippen LogP contribution in [-0.4, -0.2) is 50.2 Å². The monoisotopic (exact) mass is 469 g/mol. The summed E-state index contributed by atoms with van der Waals surface area (Å²) < 4.78 is 11.0. The Balaban J connectivity index is 4.02. The first-order chi connectivity index (χ1) is 15.5. The summed E-state index contributed by atoms with van der Waals surface area (Å²) in [5.41, 5.74) is 0. The molecule has 0 aliphatic heterocycles. The van der Waals surface area contributed by atoms with Crippen LogP contribution in [-0.2, 0) is 19.1 Å². The van der Waals surface area contributed by atoms with Crippen LogP contribution in [0.4, 0.5) is 0 Å². The number of esters is 2. The molecule has 0 saturated heterocycles. The van der Waals surface area contributed by atoms with Gasteiger partial charge >= 0.3 is 11.9 Å². The Bertz CT molecular complexity index is 504. The number of carbonyl (C=O) groups excluding carboxylic acids is 2. The van der Waals surface area contributed by atoms with Crippen LogP contribution in [0.15, 0.2) is 0 Å². The molecule has 0 heterocycles. The average molecular weight is 470 g/mol. The van der Waals surface area contributed by atoms with Crippen molar-refractivity contribution in [1.29, 1.82) is 0 Å². The lowest BCUT2D eigenvalue weighted by atomic mass is 9.96. The van der Waals surface area contributed by atoms with E-state index in [4.69, 9.17) is 9.47 Å². The van der Waals surface area contributed by atoms with Crippen molar-refractivity contribution < 1.29 is 19.1 Å². The lowest BCUT2D eigenvalue weighted by Crippen LogP contribution is -2.34. The van der Waals surface area contributed by atoms with Crippen LogP contribution in [0.1, 0.15) is 112 Å². The molecule has 0 aromatic rings. The van der Waals surface area contributed by atoms with Gasteiger partial charge in [-0.05, 0) is 50.6 Å². The van der Waals surface area contributed by atoms with E-state index < -0.39 is 0 Å². The Morgan fingerprint density at radius 2 is 1.09 bits per heavy atom. The number of ether oxygens (including phenoxy) is 2. The highest BCUT2D eigenvalue weighted by Crippen LogP contribution is 2.18. The van der Waals surface area contributed by atoms with Crippen LogP contribution in [0.3, 0.4) is 0 Å².